The zero-order chi connectivity index (χ0) is 17.2. The summed E-state index contributed by atoms with van der Waals surface area (Å²) in [5, 5.41) is 0.360. The molecular weight excluding hydrogens is 336 g/mol. The van der Waals surface area contributed by atoms with Crippen molar-refractivity contribution in [2.75, 3.05) is 0 Å². The molecule has 0 atom stereocenters. The molecule has 0 saturated heterocycles. The SMILES string of the molecule is O=C1Cc2ncnc(Cl)c2C=C1c1ccc(Oc2ccccc2)cc1. The van der Waals surface area contributed by atoms with Crippen molar-refractivity contribution in [3.63, 3.8) is 0 Å². The predicted octanol–water partition coefficient (Wildman–Crippen LogP) is 4.59. The third kappa shape index (κ3) is 3.16. The number of allylic oxidation sites excluding steroid dienone is 1. The highest BCUT2D eigenvalue weighted by Crippen LogP contribution is 2.31. The van der Waals surface area contributed by atoms with Crippen LogP contribution in [0.4, 0.5) is 0 Å². The van der Waals surface area contributed by atoms with E-state index in [1.165, 1.54) is 6.33 Å². The first-order valence-corrected chi connectivity index (χ1v) is 8.16. The molecule has 4 rings (SSSR count). The average molecular weight is 349 g/mol. The van der Waals surface area contributed by atoms with E-state index in [0.29, 0.717) is 27.7 Å². The Bertz CT molecular complexity index is 967. The summed E-state index contributed by atoms with van der Waals surface area (Å²) in [4.78, 5) is 20.6. The molecule has 0 saturated carbocycles. The van der Waals surface area contributed by atoms with Crippen LogP contribution >= 0.6 is 11.6 Å². The molecule has 0 spiro atoms. The lowest BCUT2D eigenvalue weighted by Gasteiger charge is -2.15. The van der Waals surface area contributed by atoms with Crippen LogP contribution in [0.15, 0.2) is 60.9 Å². The predicted molar refractivity (Wildman–Crippen MR) is 96.6 cm³/mol. The van der Waals surface area contributed by atoms with Gasteiger partial charge in [0.1, 0.15) is 23.0 Å². The number of Topliss-reactive ketones (excluding diaryl/α,β-unsaturated/α-hetero) is 1. The molecule has 0 N–H and O–H groups in total. The van der Waals surface area contributed by atoms with Crippen molar-refractivity contribution in [3.05, 3.63) is 82.9 Å². The summed E-state index contributed by atoms with van der Waals surface area (Å²) in [6.45, 7) is 0. The van der Waals surface area contributed by atoms with Crippen LogP contribution in [0.1, 0.15) is 16.8 Å². The minimum Gasteiger partial charge on any atom is -0.457 e. The van der Waals surface area contributed by atoms with E-state index in [2.05, 4.69) is 9.97 Å². The van der Waals surface area contributed by atoms with E-state index < -0.39 is 0 Å². The topological polar surface area (TPSA) is 52.1 Å². The second-order valence-corrected chi connectivity index (χ2v) is 5.98. The molecule has 0 radical (unpaired) electrons. The van der Waals surface area contributed by atoms with Crippen LogP contribution in [0.3, 0.4) is 0 Å². The van der Waals surface area contributed by atoms with Gasteiger partial charge in [0.15, 0.2) is 5.78 Å². The normalized spacial score (nSPS) is 13.2. The molecule has 25 heavy (non-hydrogen) atoms. The largest absolute Gasteiger partial charge is 0.457 e. The lowest BCUT2D eigenvalue weighted by molar-refractivity contribution is -0.113. The second kappa shape index (κ2) is 6.49. The molecule has 0 bridgehead atoms. The first-order chi connectivity index (χ1) is 12.2. The van der Waals surface area contributed by atoms with E-state index in [9.17, 15) is 4.79 Å². The van der Waals surface area contributed by atoms with Crippen molar-refractivity contribution in [1.82, 2.24) is 9.97 Å². The maximum absolute atomic E-state index is 12.4. The number of nitrogens with zero attached hydrogens (tertiary/aromatic N) is 2. The summed E-state index contributed by atoms with van der Waals surface area (Å²) in [5.74, 6) is 1.49. The average Bonchev–Trinajstić information content (AvgIpc) is 2.63. The van der Waals surface area contributed by atoms with Crippen LogP contribution < -0.4 is 4.74 Å². The van der Waals surface area contributed by atoms with Gasteiger partial charge in [-0.15, -0.1) is 0 Å². The Labute approximate surface area is 149 Å². The molecule has 0 unspecified atom stereocenters. The Morgan fingerprint density at radius 3 is 2.40 bits per heavy atom. The number of benzene rings is 2. The summed E-state index contributed by atoms with van der Waals surface area (Å²) in [5.41, 5.74) is 2.80. The van der Waals surface area contributed by atoms with E-state index in [4.69, 9.17) is 16.3 Å². The minimum atomic E-state index is 0.0130. The van der Waals surface area contributed by atoms with Gasteiger partial charge >= 0.3 is 0 Å². The van der Waals surface area contributed by atoms with Crippen molar-refractivity contribution in [2.45, 2.75) is 6.42 Å². The molecule has 122 valence electrons. The van der Waals surface area contributed by atoms with Crippen LogP contribution in [0, 0.1) is 0 Å². The monoisotopic (exact) mass is 348 g/mol. The Hall–Kier alpha value is -2.98. The molecule has 1 aromatic heterocycles. The van der Waals surface area contributed by atoms with Crippen LogP contribution in [-0.4, -0.2) is 15.8 Å². The molecule has 0 amide bonds. The summed E-state index contributed by atoms with van der Waals surface area (Å²) in [6, 6.07) is 17.0. The summed E-state index contributed by atoms with van der Waals surface area (Å²) in [7, 11) is 0. The third-order valence-corrected chi connectivity index (χ3v) is 4.28. The number of ether oxygens (including phenoxy) is 1. The Morgan fingerprint density at radius 1 is 0.920 bits per heavy atom. The smallest absolute Gasteiger partial charge is 0.169 e. The molecule has 5 heteroatoms. The zero-order valence-electron chi connectivity index (χ0n) is 13.1. The molecule has 3 aromatic rings. The van der Waals surface area contributed by atoms with Crippen LogP contribution in [0.25, 0.3) is 11.6 Å². The minimum absolute atomic E-state index is 0.0130. The Morgan fingerprint density at radius 2 is 1.64 bits per heavy atom. The van der Waals surface area contributed by atoms with Crippen LogP contribution in [0.5, 0.6) is 11.5 Å². The lowest BCUT2D eigenvalue weighted by Crippen LogP contribution is -2.13. The van der Waals surface area contributed by atoms with Gasteiger partial charge in [-0.3, -0.25) is 4.79 Å². The highest BCUT2D eigenvalue weighted by molar-refractivity contribution is 6.33. The van der Waals surface area contributed by atoms with Gasteiger partial charge in [-0.25, -0.2) is 9.97 Å². The van der Waals surface area contributed by atoms with Crippen molar-refractivity contribution < 1.29 is 9.53 Å². The van der Waals surface area contributed by atoms with Gasteiger partial charge in [0.2, 0.25) is 0 Å². The van der Waals surface area contributed by atoms with Gasteiger partial charge in [-0.2, -0.15) is 0 Å². The van der Waals surface area contributed by atoms with Gasteiger partial charge in [0.05, 0.1) is 12.1 Å². The third-order valence-electron chi connectivity index (χ3n) is 3.98. The highest BCUT2D eigenvalue weighted by atomic mass is 35.5. The number of rotatable bonds is 3. The maximum atomic E-state index is 12.4. The zero-order valence-corrected chi connectivity index (χ0v) is 13.9. The number of fused-ring (bicyclic) bond motifs is 1. The fourth-order valence-electron chi connectivity index (χ4n) is 2.73. The first-order valence-electron chi connectivity index (χ1n) is 7.78. The molecule has 1 aliphatic carbocycles. The van der Waals surface area contributed by atoms with E-state index >= 15 is 0 Å². The number of halogens is 1. The number of hydrogen-bond donors (Lipinski definition) is 0. The molecule has 0 fully saturated rings. The van der Waals surface area contributed by atoms with Crippen LogP contribution in [0.2, 0.25) is 5.15 Å². The van der Waals surface area contributed by atoms with E-state index in [-0.39, 0.29) is 12.2 Å². The van der Waals surface area contributed by atoms with Crippen molar-refractivity contribution in [1.29, 1.82) is 0 Å². The number of aromatic nitrogens is 2. The highest BCUT2D eigenvalue weighted by Gasteiger charge is 2.22. The standard InChI is InChI=1S/C20H13ClN2O2/c21-20-17-10-16(19(24)11-18(17)22-12-23-20)13-6-8-15(9-7-13)25-14-4-2-1-3-5-14/h1-10,12H,11H2. The molecule has 1 heterocycles. The molecular formula is C20H13ClN2O2. The number of ketones is 1. The van der Waals surface area contributed by atoms with Crippen molar-refractivity contribution in [3.8, 4) is 11.5 Å². The van der Waals surface area contributed by atoms with Gasteiger partial charge in [0.25, 0.3) is 0 Å². The maximum Gasteiger partial charge on any atom is 0.169 e. The van der Waals surface area contributed by atoms with E-state index in [0.717, 1.165) is 11.3 Å². The van der Waals surface area contributed by atoms with Gasteiger partial charge in [-0.1, -0.05) is 41.9 Å². The summed E-state index contributed by atoms with van der Waals surface area (Å²) < 4.78 is 5.78. The van der Waals surface area contributed by atoms with Gasteiger partial charge in [-0.05, 0) is 35.9 Å². The molecule has 0 aliphatic heterocycles. The van der Waals surface area contributed by atoms with Crippen LogP contribution in [-0.2, 0) is 11.2 Å². The van der Waals surface area contributed by atoms with Crippen molar-refractivity contribution >= 4 is 29.0 Å². The molecule has 4 nitrogen and oxygen atoms in total. The number of carbonyl (C=O) groups excluding carboxylic acids is 1. The summed E-state index contributed by atoms with van der Waals surface area (Å²) in [6.07, 6.45) is 3.37. The van der Waals surface area contributed by atoms with Gasteiger partial charge < -0.3 is 4.74 Å². The quantitative estimate of drug-likeness (QED) is 0.650. The molecule has 2 aromatic carbocycles. The number of carbonyl (C=O) groups is 1. The van der Waals surface area contributed by atoms with Gasteiger partial charge in [0, 0.05) is 11.1 Å². The number of para-hydroxylation sites is 1. The van der Waals surface area contributed by atoms with E-state index in [1.54, 1.807) is 6.08 Å². The number of hydrogen-bond acceptors (Lipinski definition) is 4. The summed E-state index contributed by atoms with van der Waals surface area (Å²) >= 11 is 6.13. The van der Waals surface area contributed by atoms with E-state index in [1.807, 2.05) is 54.6 Å². The Balaban J connectivity index is 1.64. The van der Waals surface area contributed by atoms with Crippen molar-refractivity contribution in [2.24, 2.45) is 0 Å². The Kier molecular flexibility index (Phi) is 4.04. The lowest BCUT2D eigenvalue weighted by atomic mass is 9.91. The fourth-order valence-corrected chi connectivity index (χ4v) is 2.94. The first kappa shape index (κ1) is 15.5. The fraction of sp³-hybridized carbons (Fsp3) is 0.0500. The molecule has 1 aliphatic rings. The second-order valence-electron chi connectivity index (χ2n) is 5.62.